The molecule has 0 bridgehead atoms. The Balaban J connectivity index is 1.81. The molecule has 4 heteroatoms. The average molecular weight is 276 g/mol. The lowest BCUT2D eigenvalue weighted by molar-refractivity contribution is -0.139. The highest BCUT2D eigenvalue weighted by Gasteiger charge is 2.26. The van der Waals surface area contributed by atoms with Gasteiger partial charge in [-0.3, -0.25) is 9.69 Å². The molecule has 1 aromatic carbocycles. The van der Waals surface area contributed by atoms with Crippen molar-refractivity contribution in [3.05, 3.63) is 35.9 Å². The van der Waals surface area contributed by atoms with Gasteiger partial charge in [0.05, 0.1) is 0 Å². The number of rotatable bonds is 7. The summed E-state index contributed by atoms with van der Waals surface area (Å²) in [6.45, 7) is 4.94. The lowest BCUT2D eigenvalue weighted by Crippen LogP contribution is -2.44. The molecule has 1 aliphatic heterocycles. The van der Waals surface area contributed by atoms with Crippen molar-refractivity contribution in [1.29, 1.82) is 0 Å². The highest BCUT2D eigenvalue weighted by Crippen LogP contribution is 2.14. The van der Waals surface area contributed by atoms with Crippen molar-refractivity contribution in [2.45, 2.75) is 44.8 Å². The van der Waals surface area contributed by atoms with Gasteiger partial charge in [0.15, 0.2) is 0 Å². The van der Waals surface area contributed by atoms with Gasteiger partial charge < -0.3 is 10.4 Å². The molecule has 2 atom stereocenters. The number of nitrogens with one attached hydrogen (secondary N) is 1. The smallest absolute Gasteiger partial charge is 0.320 e. The number of hydrogen-bond donors (Lipinski definition) is 2. The second kappa shape index (κ2) is 7.41. The van der Waals surface area contributed by atoms with Gasteiger partial charge in [-0.05, 0) is 18.4 Å². The summed E-state index contributed by atoms with van der Waals surface area (Å²) < 4.78 is 0. The van der Waals surface area contributed by atoms with Crippen LogP contribution in [0.15, 0.2) is 30.3 Å². The fourth-order valence-electron chi connectivity index (χ4n) is 2.81. The zero-order valence-electron chi connectivity index (χ0n) is 12.1. The number of aliphatic carboxylic acids is 1. The predicted molar refractivity (Wildman–Crippen MR) is 79.6 cm³/mol. The third-order valence-corrected chi connectivity index (χ3v) is 3.83. The highest BCUT2D eigenvalue weighted by molar-refractivity contribution is 5.73. The molecule has 0 aliphatic carbocycles. The van der Waals surface area contributed by atoms with E-state index >= 15 is 0 Å². The van der Waals surface area contributed by atoms with Gasteiger partial charge >= 0.3 is 5.97 Å². The number of nitrogens with zero attached hydrogens (tertiary/aromatic N) is 1. The number of likely N-dealkylation sites (tertiary alicyclic amines) is 1. The van der Waals surface area contributed by atoms with Gasteiger partial charge in [0, 0.05) is 25.7 Å². The van der Waals surface area contributed by atoms with Crippen LogP contribution >= 0.6 is 0 Å². The molecular weight excluding hydrogens is 252 g/mol. The average Bonchev–Trinajstić information content (AvgIpc) is 2.86. The molecule has 2 rings (SSSR count). The first-order valence-electron chi connectivity index (χ1n) is 7.44. The van der Waals surface area contributed by atoms with Crippen molar-refractivity contribution in [1.82, 2.24) is 10.2 Å². The molecule has 1 aromatic rings. The molecule has 0 aromatic heterocycles. The van der Waals surface area contributed by atoms with E-state index in [4.69, 9.17) is 0 Å². The first kappa shape index (κ1) is 15.0. The summed E-state index contributed by atoms with van der Waals surface area (Å²) in [6, 6.07) is 10.3. The largest absolute Gasteiger partial charge is 0.480 e. The summed E-state index contributed by atoms with van der Waals surface area (Å²) in [6.07, 6.45) is 2.62. The van der Waals surface area contributed by atoms with Crippen LogP contribution in [0.5, 0.6) is 0 Å². The molecule has 2 N–H and O–H groups in total. The fraction of sp³-hybridized carbons (Fsp3) is 0.562. The molecule has 2 unspecified atom stereocenters. The van der Waals surface area contributed by atoms with Crippen molar-refractivity contribution in [3.63, 3.8) is 0 Å². The van der Waals surface area contributed by atoms with E-state index in [0.29, 0.717) is 12.5 Å². The minimum atomic E-state index is -0.728. The highest BCUT2D eigenvalue weighted by atomic mass is 16.4. The number of carbonyl (C=O) groups is 1. The number of benzene rings is 1. The summed E-state index contributed by atoms with van der Waals surface area (Å²) in [7, 11) is 0. The number of hydrogen-bond acceptors (Lipinski definition) is 3. The molecule has 1 heterocycles. The van der Waals surface area contributed by atoms with E-state index < -0.39 is 12.0 Å². The molecule has 20 heavy (non-hydrogen) atoms. The van der Waals surface area contributed by atoms with Gasteiger partial charge in [0.1, 0.15) is 6.04 Å². The summed E-state index contributed by atoms with van der Waals surface area (Å²) in [5.74, 6) is -0.728. The van der Waals surface area contributed by atoms with E-state index in [-0.39, 0.29) is 0 Å². The molecule has 4 nitrogen and oxygen atoms in total. The maximum Gasteiger partial charge on any atom is 0.320 e. The van der Waals surface area contributed by atoms with Crippen molar-refractivity contribution in [2.75, 3.05) is 13.1 Å². The predicted octanol–water partition coefficient (Wildman–Crippen LogP) is 2.10. The molecule has 0 radical (unpaired) electrons. The van der Waals surface area contributed by atoms with Gasteiger partial charge in [-0.25, -0.2) is 0 Å². The van der Waals surface area contributed by atoms with E-state index in [0.717, 1.165) is 32.5 Å². The monoisotopic (exact) mass is 276 g/mol. The van der Waals surface area contributed by atoms with Crippen LogP contribution in [0.1, 0.15) is 31.7 Å². The van der Waals surface area contributed by atoms with Gasteiger partial charge in [-0.2, -0.15) is 0 Å². The zero-order chi connectivity index (χ0) is 14.4. The normalized spacial score (nSPS) is 20.9. The Bertz CT molecular complexity index is 422. The van der Waals surface area contributed by atoms with Crippen LogP contribution in [0, 0.1) is 0 Å². The van der Waals surface area contributed by atoms with Crippen LogP contribution in [-0.2, 0) is 11.3 Å². The SMILES string of the molecule is CCCC(NC1CCN(Cc2ccccc2)C1)C(=O)O. The molecule has 1 aliphatic rings. The van der Waals surface area contributed by atoms with Crippen LogP contribution in [0.2, 0.25) is 0 Å². The van der Waals surface area contributed by atoms with Crippen LogP contribution in [0.25, 0.3) is 0 Å². The maximum atomic E-state index is 11.2. The minimum Gasteiger partial charge on any atom is -0.480 e. The van der Waals surface area contributed by atoms with Crippen LogP contribution in [0.3, 0.4) is 0 Å². The third-order valence-electron chi connectivity index (χ3n) is 3.83. The number of carboxylic acids is 1. The van der Waals surface area contributed by atoms with Gasteiger partial charge in [-0.15, -0.1) is 0 Å². The van der Waals surface area contributed by atoms with Crippen molar-refractivity contribution in [2.24, 2.45) is 0 Å². The number of carboxylic acid groups (broad SMARTS) is 1. The Morgan fingerprint density at radius 2 is 2.20 bits per heavy atom. The topological polar surface area (TPSA) is 52.6 Å². The second-order valence-corrected chi connectivity index (χ2v) is 5.55. The Kier molecular flexibility index (Phi) is 5.56. The lowest BCUT2D eigenvalue weighted by Gasteiger charge is -2.20. The van der Waals surface area contributed by atoms with Gasteiger partial charge in [0.25, 0.3) is 0 Å². The van der Waals surface area contributed by atoms with E-state index in [9.17, 15) is 9.90 Å². The summed E-state index contributed by atoms with van der Waals surface area (Å²) in [4.78, 5) is 13.6. The maximum absolute atomic E-state index is 11.2. The Morgan fingerprint density at radius 3 is 2.85 bits per heavy atom. The Morgan fingerprint density at radius 1 is 1.45 bits per heavy atom. The molecule has 110 valence electrons. The van der Waals surface area contributed by atoms with E-state index in [2.05, 4.69) is 34.5 Å². The Labute approximate surface area is 120 Å². The third kappa shape index (κ3) is 4.32. The van der Waals surface area contributed by atoms with Crippen molar-refractivity contribution < 1.29 is 9.90 Å². The summed E-state index contributed by atoms with van der Waals surface area (Å²) in [5.41, 5.74) is 1.32. The van der Waals surface area contributed by atoms with Crippen LogP contribution < -0.4 is 5.32 Å². The molecule has 0 saturated carbocycles. The lowest BCUT2D eigenvalue weighted by atomic mass is 10.1. The second-order valence-electron chi connectivity index (χ2n) is 5.55. The minimum absolute atomic E-state index is 0.298. The summed E-state index contributed by atoms with van der Waals surface area (Å²) >= 11 is 0. The van der Waals surface area contributed by atoms with Crippen molar-refractivity contribution >= 4 is 5.97 Å². The van der Waals surface area contributed by atoms with Crippen LogP contribution in [-0.4, -0.2) is 41.1 Å². The fourth-order valence-corrected chi connectivity index (χ4v) is 2.81. The van der Waals surface area contributed by atoms with Gasteiger partial charge in [0.2, 0.25) is 0 Å². The Hall–Kier alpha value is -1.39. The standard InChI is InChI=1S/C16H24N2O2/c1-2-6-15(16(19)20)17-14-9-10-18(12-14)11-13-7-4-3-5-8-13/h3-5,7-8,14-15,17H,2,6,9-12H2,1H3,(H,19,20). The van der Waals surface area contributed by atoms with Crippen LogP contribution in [0.4, 0.5) is 0 Å². The quantitative estimate of drug-likeness (QED) is 0.801. The first-order valence-corrected chi connectivity index (χ1v) is 7.44. The van der Waals surface area contributed by atoms with E-state index in [1.807, 2.05) is 13.0 Å². The zero-order valence-corrected chi connectivity index (χ0v) is 12.1. The molecular formula is C16H24N2O2. The molecule has 1 saturated heterocycles. The van der Waals surface area contributed by atoms with Gasteiger partial charge in [-0.1, -0.05) is 43.7 Å². The summed E-state index contributed by atoms with van der Waals surface area (Å²) in [5, 5.41) is 12.5. The van der Waals surface area contributed by atoms with Crippen molar-refractivity contribution in [3.8, 4) is 0 Å². The van der Waals surface area contributed by atoms with E-state index in [1.165, 1.54) is 5.56 Å². The molecule has 1 fully saturated rings. The molecule has 0 spiro atoms. The molecule has 0 amide bonds. The van der Waals surface area contributed by atoms with E-state index in [1.54, 1.807) is 0 Å². The first-order chi connectivity index (χ1) is 9.69.